The van der Waals surface area contributed by atoms with Crippen molar-refractivity contribution >= 4 is 23.6 Å². The summed E-state index contributed by atoms with van der Waals surface area (Å²) in [7, 11) is 0. The van der Waals surface area contributed by atoms with Gasteiger partial charge in [-0.2, -0.15) is 0 Å². The lowest BCUT2D eigenvalue weighted by Gasteiger charge is -2.35. The van der Waals surface area contributed by atoms with E-state index in [2.05, 4.69) is 40.0 Å². The summed E-state index contributed by atoms with van der Waals surface area (Å²) in [6.45, 7) is 10.0. The minimum absolute atomic E-state index is 0.0708. The van der Waals surface area contributed by atoms with Crippen molar-refractivity contribution < 1.29 is 47.6 Å². The predicted molar refractivity (Wildman–Crippen MR) is 213 cm³/mol. The summed E-state index contributed by atoms with van der Waals surface area (Å²) in [6, 6.07) is 0. The van der Waals surface area contributed by atoms with Crippen molar-refractivity contribution in [2.45, 2.75) is 116 Å². The van der Waals surface area contributed by atoms with Gasteiger partial charge in [0.05, 0.1) is 52.9 Å². The summed E-state index contributed by atoms with van der Waals surface area (Å²) in [5.74, 6) is 4.14. The third-order valence-electron chi connectivity index (χ3n) is 8.50. The van der Waals surface area contributed by atoms with Gasteiger partial charge in [0.25, 0.3) is 0 Å². The van der Waals surface area contributed by atoms with Crippen LogP contribution in [-0.4, -0.2) is 128 Å². The lowest BCUT2D eigenvalue weighted by molar-refractivity contribution is -0.127. The fourth-order valence-corrected chi connectivity index (χ4v) is 5.52. The molecule has 316 valence electrons. The van der Waals surface area contributed by atoms with Crippen LogP contribution in [0, 0.1) is 24.7 Å². The van der Waals surface area contributed by atoms with E-state index in [1.54, 1.807) is 0 Å². The van der Waals surface area contributed by atoms with Crippen LogP contribution in [-0.2, 0) is 47.6 Å². The molecule has 0 radical (unpaired) electrons. The quantitative estimate of drug-likeness (QED) is 0.0534. The maximum atomic E-state index is 13.4. The number of ether oxygens (including phenoxy) is 6. The van der Waals surface area contributed by atoms with Gasteiger partial charge in [0.15, 0.2) is 0 Å². The van der Waals surface area contributed by atoms with E-state index in [-0.39, 0.29) is 62.5 Å². The first-order valence-corrected chi connectivity index (χ1v) is 20.3. The van der Waals surface area contributed by atoms with Crippen LogP contribution in [0.25, 0.3) is 0 Å². The highest BCUT2D eigenvalue weighted by molar-refractivity contribution is 5.80. The lowest BCUT2D eigenvalue weighted by atomic mass is 9.82. The number of hydrogen-bond donors (Lipinski definition) is 4. The molecule has 14 heteroatoms. The van der Waals surface area contributed by atoms with E-state index in [9.17, 15) is 19.2 Å². The van der Waals surface area contributed by atoms with Gasteiger partial charge in [-0.15, -0.1) is 12.8 Å². The Hall–Kier alpha value is -3.24. The van der Waals surface area contributed by atoms with Crippen molar-refractivity contribution in [3.05, 3.63) is 0 Å². The van der Waals surface area contributed by atoms with E-state index in [1.165, 1.54) is 12.8 Å². The molecule has 1 atom stereocenters. The summed E-state index contributed by atoms with van der Waals surface area (Å²) < 4.78 is 32.4. The number of terminal acetylenes is 2. The molecule has 0 aromatic carbocycles. The van der Waals surface area contributed by atoms with Crippen LogP contribution in [0.5, 0.6) is 0 Å². The largest absolute Gasteiger partial charge is 0.379 e. The van der Waals surface area contributed by atoms with Crippen molar-refractivity contribution in [1.82, 2.24) is 21.3 Å². The van der Waals surface area contributed by atoms with E-state index in [1.807, 2.05) is 6.92 Å². The zero-order valence-electron chi connectivity index (χ0n) is 34.0. The molecule has 4 N–H and O–H groups in total. The van der Waals surface area contributed by atoms with E-state index in [0.717, 1.165) is 19.3 Å². The predicted octanol–water partition coefficient (Wildman–Crippen LogP) is 3.45. The normalized spacial score (nSPS) is 11.9. The number of carbonyl (C=O) groups is 4. The second kappa shape index (κ2) is 39.0. The third kappa shape index (κ3) is 35.0. The topological polar surface area (TPSA) is 172 Å². The maximum absolute atomic E-state index is 13.4. The van der Waals surface area contributed by atoms with Crippen molar-refractivity contribution in [3.8, 4) is 24.7 Å². The minimum Gasteiger partial charge on any atom is -0.379 e. The molecule has 1 unspecified atom stereocenters. The Labute approximate surface area is 331 Å². The van der Waals surface area contributed by atoms with Crippen LogP contribution >= 0.6 is 0 Å². The second-order valence-corrected chi connectivity index (χ2v) is 13.2. The molecule has 0 rings (SSSR count). The van der Waals surface area contributed by atoms with Gasteiger partial charge in [0.1, 0.15) is 13.2 Å². The van der Waals surface area contributed by atoms with Crippen LogP contribution in [0.1, 0.15) is 110 Å². The van der Waals surface area contributed by atoms with E-state index in [0.29, 0.717) is 124 Å². The Morgan fingerprint density at radius 2 is 0.964 bits per heavy atom. The van der Waals surface area contributed by atoms with Crippen LogP contribution in [0.3, 0.4) is 0 Å². The Bertz CT molecular complexity index is 1060. The van der Waals surface area contributed by atoms with E-state index < -0.39 is 5.54 Å². The Morgan fingerprint density at radius 3 is 1.53 bits per heavy atom. The molecule has 0 heterocycles. The molecule has 0 aliphatic heterocycles. The van der Waals surface area contributed by atoms with Gasteiger partial charge >= 0.3 is 0 Å². The number of amides is 4. The molecule has 0 aliphatic carbocycles. The fourth-order valence-electron chi connectivity index (χ4n) is 5.52. The fraction of sp³-hybridized carbons (Fsp3) is 0.805. The average Bonchev–Trinajstić information content (AvgIpc) is 3.17. The summed E-state index contributed by atoms with van der Waals surface area (Å²) in [5.41, 5.74) is -0.846. The number of nitrogens with one attached hydrogen (secondary N) is 4. The first-order chi connectivity index (χ1) is 26.8. The number of unbranched alkanes of at least 4 members (excludes halogenated alkanes) is 5. The highest BCUT2D eigenvalue weighted by Gasteiger charge is 2.32. The summed E-state index contributed by atoms with van der Waals surface area (Å²) in [6.07, 6.45) is 19.5. The second-order valence-electron chi connectivity index (χ2n) is 13.2. The molecule has 0 bridgehead atoms. The SMILES string of the molecule is C#CCOCCOCCCCC(CCC(=O)NCCOCCOCC)(CCC(=O)NCCOCCOCC#C)NC(=O)CCCC(=O)NCCCCCCC. The molecule has 0 fully saturated rings. The van der Waals surface area contributed by atoms with Crippen molar-refractivity contribution in [2.75, 3.05) is 98.9 Å². The van der Waals surface area contributed by atoms with Crippen molar-refractivity contribution in [3.63, 3.8) is 0 Å². The smallest absolute Gasteiger partial charge is 0.220 e. The lowest BCUT2D eigenvalue weighted by Crippen LogP contribution is -2.50. The molecule has 0 saturated carbocycles. The molecule has 0 saturated heterocycles. The highest BCUT2D eigenvalue weighted by atomic mass is 16.5. The monoisotopic (exact) mass is 781 g/mol. The minimum atomic E-state index is -0.846. The van der Waals surface area contributed by atoms with E-state index in [4.69, 9.17) is 41.3 Å². The van der Waals surface area contributed by atoms with Gasteiger partial charge in [-0.05, 0) is 51.9 Å². The van der Waals surface area contributed by atoms with Gasteiger partial charge in [-0.1, -0.05) is 44.4 Å². The molecule has 4 amide bonds. The van der Waals surface area contributed by atoms with Crippen molar-refractivity contribution in [2.24, 2.45) is 0 Å². The number of carbonyl (C=O) groups excluding carboxylic acids is 4. The van der Waals surface area contributed by atoms with Gasteiger partial charge < -0.3 is 49.7 Å². The molecule has 0 aliphatic rings. The molecule has 55 heavy (non-hydrogen) atoms. The van der Waals surface area contributed by atoms with Gasteiger partial charge in [0, 0.05) is 64.1 Å². The summed E-state index contributed by atoms with van der Waals surface area (Å²) in [4.78, 5) is 51.8. The van der Waals surface area contributed by atoms with Crippen LogP contribution in [0.15, 0.2) is 0 Å². The van der Waals surface area contributed by atoms with Crippen molar-refractivity contribution in [1.29, 1.82) is 0 Å². The van der Waals surface area contributed by atoms with Gasteiger partial charge in [-0.3, -0.25) is 19.2 Å². The molecule has 14 nitrogen and oxygen atoms in total. The maximum Gasteiger partial charge on any atom is 0.220 e. The van der Waals surface area contributed by atoms with Crippen LogP contribution < -0.4 is 21.3 Å². The summed E-state index contributed by atoms with van der Waals surface area (Å²) >= 11 is 0. The molecular weight excluding hydrogens is 708 g/mol. The molecular formula is C41H72N4O10. The van der Waals surface area contributed by atoms with Gasteiger partial charge in [-0.25, -0.2) is 0 Å². The standard InChI is InChI=1S/C41H72N4O10/c1-5-9-10-11-13-23-42-37(46)16-15-17-40(49)45-41(20-12-14-28-53-35-33-51-26-6-2,21-18-38(47)43-24-29-54-32-31-50-8-4)22-19-39(48)44-25-30-55-36-34-52-27-7-3/h2-3H,5,8-36H2,1,4H3,(H,42,46)(H,43,47)(H,44,48)(H,45,49). The zero-order chi connectivity index (χ0) is 40.5. The van der Waals surface area contributed by atoms with Crippen LogP contribution in [0.2, 0.25) is 0 Å². The molecule has 0 aromatic rings. The van der Waals surface area contributed by atoms with Crippen LogP contribution in [0.4, 0.5) is 0 Å². The highest BCUT2D eigenvalue weighted by Crippen LogP contribution is 2.27. The first kappa shape index (κ1) is 51.8. The Kier molecular flexibility index (Phi) is 36.7. The average molecular weight is 781 g/mol. The first-order valence-electron chi connectivity index (χ1n) is 20.3. The molecule has 0 aromatic heterocycles. The molecule has 0 spiro atoms. The van der Waals surface area contributed by atoms with E-state index >= 15 is 0 Å². The number of hydrogen-bond acceptors (Lipinski definition) is 10. The summed E-state index contributed by atoms with van der Waals surface area (Å²) in [5, 5.41) is 11.9. The van der Waals surface area contributed by atoms with Gasteiger partial charge in [0.2, 0.25) is 23.6 Å². The Morgan fingerprint density at radius 1 is 0.473 bits per heavy atom. The number of rotatable bonds is 40. The third-order valence-corrected chi connectivity index (χ3v) is 8.50. The zero-order valence-corrected chi connectivity index (χ0v) is 34.0. The Balaban J connectivity index is 5.43.